The zero-order valence-corrected chi connectivity index (χ0v) is 9.64. The van der Waals surface area contributed by atoms with E-state index in [9.17, 15) is 5.11 Å². The summed E-state index contributed by atoms with van der Waals surface area (Å²) in [6.45, 7) is 1.89. The number of benzene rings is 1. The maximum Gasteiger partial charge on any atom is 0.137 e. The van der Waals surface area contributed by atoms with Gasteiger partial charge in [-0.05, 0) is 43.7 Å². The van der Waals surface area contributed by atoms with Crippen molar-refractivity contribution in [1.82, 2.24) is 0 Å². The number of aromatic hydroxyl groups is 1. The first-order chi connectivity index (χ1) is 7.02. The quantitative estimate of drug-likeness (QED) is 0.831. The van der Waals surface area contributed by atoms with Gasteiger partial charge in [0.15, 0.2) is 0 Å². The van der Waals surface area contributed by atoms with E-state index in [4.69, 9.17) is 17.3 Å². The lowest BCUT2D eigenvalue weighted by atomic mass is 10.0. The maximum atomic E-state index is 9.82. The van der Waals surface area contributed by atoms with Gasteiger partial charge in [-0.3, -0.25) is 0 Å². The van der Waals surface area contributed by atoms with Crippen LogP contribution in [0.5, 0.6) is 5.75 Å². The molecule has 0 radical (unpaired) electrons. The zero-order chi connectivity index (χ0) is 11.1. The summed E-state index contributed by atoms with van der Waals surface area (Å²) in [6, 6.07) is 3.87. The molecule has 3 heteroatoms. The lowest BCUT2D eigenvalue weighted by Crippen LogP contribution is -2.22. The van der Waals surface area contributed by atoms with Gasteiger partial charge in [-0.1, -0.05) is 23.7 Å². The number of phenols is 1. The average Bonchev–Trinajstić information content (AvgIpc) is 2.93. The Morgan fingerprint density at radius 1 is 1.47 bits per heavy atom. The first kappa shape index (κ1) is 10.8. The van der Waals surface area contributed by atoms with E-state index in [1.54, 1.807) is 0 Å². The fraction of sp³-hybridized carbons (Fsp3) is 0.500. The van der Waals surface area contributed by atoms with Crippen LogP contribution in [0.2, 0.25) is 5.02 Å². The van der Waals surface area contributed by atoms with Crippen LogP contribution in [0, 0.1) is 6.92 Å². The molecule has 82 valence electrons. The second kappa shape index (κ2) is 3.69. The Kier molecular flexibility index (Phi) is 2.65. The number of phenolic OH excluding ortho intramolecular Hbond substituents is 1. The third-order valence-corrected chi connectivity index (χ3v) is 3.65. The molecule has 2 nitrogen and oxygen atoms in total. The van der Waals surface area contributed by atoms with Crippen molar-refractivity contribution < 1.29 is 5.11 Å². The molecule has 0 amide bonds. The molecule has 0 heterocycles. The first-order valence-electron chi connectivity index (χ1n) is 5.28. The molecule has 0 spiro atoms. The van der Waals surface area contributed by atoms with Crippen molar-refractivity contribution in [1.29, 1.82) is 0 Å². The number of hydrogen-bond donors (Lipinski definition) is 2. The highest BCUT2D eigenvalue weighted by Gasteiger charge is 2.37. The Labute approximate surface area is 95.1 Å². The van der Waals surface area contributed by atoms with Crippen LogP contribution in [0.4, 0.5) is 0 Å². The van der Waals surface area contributed by atoms with Gasteiger partial charge >= 0.3 is 0 Å². The second-order valence-corrected chi connectivity index (χ2v) is 4.94. The predicted molar refractivity (Wildman–Crippen MR) is 62.3 cm³/mol. The highest BCUT2D eigenvalue weighted by molar-refractivity contribution is 6.32. The van der Waals surface area contributed by atoms with E-state index >= 15 is 0 Å². The number of rotatable bonds is 3. The molecular weight excluding hydrogens is 210 g/mol. The van der Waals surface area contributed by atoms with Gasteiger partial charge in [0.05, 0.1) is 5.02 Å². The Morgan fingerprint density at radius 3 is 2.73 bits per heavy atom. The minimum Gasteiger partial charge on any atom is -0.506 e. The molecule has 3 N–H and O–H groups in total. The molecule has 2 rings (SSSR count). The Bertz CT molecular complexity index is 385. The highest BCUT2D eigenvalue weighted by Crippen LogP contribution is 2.38. The Morgan fingerprint density at radius 2 is 2.13 bits per heavy atom. The number of halogens is 1. The van der Waals surface area contributed by atoms with Crippen molar-refractivity contribution in [3.63, 3.8) is 0 Å². The molecule has 0 saturated heterocycles. The van der Waals surface area contributed by atoms with E-state index in [2.05, 4.69) is 0 Å². The molecule has 15 heavy (non-hydrogen) atoms. The second-order valence-electron chi connectivity index (χ2n) is 4.57. The summed E-state index contributed by atoms with van der Waals surface area (Å²) in [5.41, 5.74) is 7.84. The molecule has 0 unspecified atom stereocenters. The van der Waals surface area contributed by atoms with Crippen LogP contribution in [0.3, 0.4) is 0 Å². The van der Waals surface area contributed by atoms with Crippen LogP contribution in [-0.4, -0.2) is 10.6 Å². The highest BCUT2D eigenvalue weighted by atomic mass is 35.5. The van der Waals surface area contributed by atoms with Gasteiger partial charge in [0.2, 0.25) is 0 Å². The van der Waals surface area contributed by atoms with Gasteiger partial charge < -0.3 is 10.8 Å². The summed E-state index contributed by atoms with van der Waals surface area (Å²) in [7, 11) is 0. The van der Waals surface area contributed by atoms with Crippen molar-refractivity contribution >= 4 is 11.6 Å². The smallest absolute Gasteiger partial charge is 0.137 e. The molecule has 0 aromatic heterocycles. The molecule has 0 bridgehead atoms. The summed E-state index contributed by atoms with van der Waals surface area (Å²) < 4.78 is 0. The zero-order valence-electron chi connectivity index (χ0n) is 8.89. The largest absolute Gasteiger partial charge is 0.506 e. The molecule has 0 aliphatic heterocycles. The van der Waals surface area contributed by atoms with Gasteiger partial charge in [-0.2, -0.15) is 0 Å². The van der Waals surface area contributed by atoms with E-state index in [0.717, 1.165) is 36.8 Å². The number of nitrogens with two attached hydrogens (primary N) is 1. The SMILES string of the molecule is Cc1ccc(CCC2(N)CC2)c(O)c1Cl. The minimum absolute atomic E-state index is 0.0315. The average molecular weight is 226 g/mol. The van der Waals surface area contributed by atoms with Crippen LogP contribution >= 0.6 is 11.6 Å². The van der Waals surface area contributed by atoms with Gasteiger partial charge in [0.1, 0.15) is 5.75 Å². The van der Waals surface area contributed by atoms with Crippen LogP contribution < -0.4 is 5.73 Å². The van der Waals surface area contributed by atoms with Gasteiger partial charge in [0.25, 0.3) is 0 Å². The van der Waals surface area contributed by atoms with Crippen molar-refractivity contribution in [2.75, 3.05) is 0 Å². The van der Waals surface area contributed by atoms with Crippen molar-refractivity contribution in [2.24, 2.45) is 5.73 Å². The van der Waals surface area contributed by atoms with E-state index < -0.39 is 0 Å². The summed E-state index contributed by atoms with van der Waals surface area (Å²) in [6.07, 6.45) is 3.95. The van der Waals surface area contributed by atoms with Crippen molar-refractivity contribution in [3.8, 4) is 5.75 Å². The maximum absolute atomic E-state index is 9.82. The van der Waals surface area contributed by atoms with Crippen LogP contribution in [0.15, 0.2) is 12.1 Å². The Balaban J connectivity index is 2.11. The monoisotopic (exact) mass is 225 g/mol. The standard InChI is InChI=1S/C12H16ClNO/c1-8-2-3-9(11(15)10(8)13)4-5-12(14)6-7-12/h2-3,15H,4-7,14H2,1H3. The van der Waals surface area contributed by atoms with Crippen molar-refractivity contribution in [3.05, 3.63) is 28.3 Å². The van der Waals surface area contributed by atoms with Gasteiger partial charge in [-0.15, -0.1) is 0 Å². The Hall–Kier alpha value is -0.730. The molecule has 1 aromatic carbocycles. The number of hydrogen-bond acceptors (Lipinski definition) is 2. The van der Waals surface area contributed by atoms with Gasteiger partial charge in [-0.25, -0.2) is 0 Å². The lowest BCUT2D eigenvalue weighted by molar-refractivity contribution is 0.464. The molecule has 1 saturated carbocycles. The fourth-order valence-corrected chi connectivity index (χ4v) is 1.89. The van der Waals surface area contributed by atoms with Crippen LogP contribution in [0.1, 0.15) is 30.4 Å². The molecule has 1 aliphatic carbocycles. The molecule has 1 aromatic rings. The first-order valence-corrected chi connectivity index (χ1v) is 5.65. The fourth-order valence-electron chi connectivity index (χ4n) is 1.70. The summed E-state index contributed by atoms with van der Waals surface area (Å²) in [5, 5.41) is 10.3. The number of aryl methyl sites for hydroxylation is 2. The predicted octanol–water partition coefficient (Wildman–Crippen LogP) is 2.78. The van der Waals surface area contributed by atoms with E-state index in [-0.39, 0.29) is 11.3 Å². The lowest BCUT2D eigenvalue weighted by Gasteiger charge is -2.11. The molecular formula is C12H16ClNO. The van der Waals surface area contributed by atoms with E-state index in [1.165, 1.54) is 0 Å². The molecule has 1 aliphatic rings. The third kappa shape index (κ3) is 2.27. The van der Waals surface area contributed by atoms with E-state index in [1.807, 2.05) is 19.1 Å². The summed E-state index contributed by atoms with van der Waals surface area (Å²) in [5.74, 6) is 0.223. The topological polar surface area (TPSA) is 46.2 Å². The molecule has 0 atom stereocenters. The van der Waals surface area contributed by atoms with Crippen LogP contribution in [-0.2, 0) is 6.42 Å². The van der Waals surface area contributed by atoms with Gasteiger partial charge in [0, 0.05) is 5.54 Å². The van der Waals surface area contributed by atoms with Crippen LogP contribution in [0.25, 0.3) is 0 Å². The minimum atomic E-state index is 0.0315. The summed E-state index contributed by atoms with van der Waals surface area (Å²) in [4.78, 5) is 0. The van der Waals surface area contributed by atoms with E-state index in [0.29, 0.717) is 5.02 Å². The normalized spacial score (nSPS) is 17.8. The third-order valence-electron chi connectivity index (χ3n) is 3.18. The van der Waals surface area contributed by atoms with Crippen molar-refractivity contribution in [2.45, 2.75) is 38.1 Å². The summed E-state index contributed by atoms with van der Waals surface area (Å²) >= 11 is 5.97. The molecule has 1 fully saturated rings.